The van der Waals surface area contributed by atoms with Gasteiger partial charge in [0.05, 0.1) is 0 Å². The van der Waals surface area contributed by atoms with Crippen molar-refractivity contribution in [3.8, 4) is 0 Å². The summed E-state index contributed by atoms with van der Waals surface area (Å²) in [4.78, 5) is 11.3. The van der Waals surface area contributed by atoms with Crippen LogP contribution in [0, 0.1) is 5.92 Å². The predicted molar refractivity (Wildman–Crippen MR) is 56.1 cm³/mol. The smallest absolute Gasteiger partial charge is 0.407 e. The molecule has 1 aliphatic rings. The second kappa shape index (κ2) is 4.49. The van der Waals surface area contributed by atoms with Crippen LogP contribution in [-0.2, 0) is 4.74 Å². The van der Waals surface area contributed by atoms with E-state index in [2.05, 4.69) is 17.5 Å². The van der Waals surface area contributed by atoms with Gasteiger partial charge in [0.25, 0.3) is 0 Å². The van der Waals surface area contributed by atoms with Gasteiger partial charge >= 0.3 is 6.09 Å². The molecule has 0 saturated carbocycles. The van der Waals surface area contributed by atoms with Gasteiger partial charge in [0.2, 0.25) is 0 Å². The molecule has 1 amide bonds. The fourth-order valence-electron chi connectivity index (χ4n) is 1.38. The normalized spacial score (nSPS) is 17.1. The molecule has 0 aromatic carbocycles. The highest BCUT2D eigenvalue weighted by molar-refractivity contribution is 5.67. The number of ether oxygens (including phenoxy) is 1. The highest BCUT2D eigenvalue weighted by Crippen LogP contribution is 2.16. The number of alkyl carbamates (subject to hydrolysis) is 1. The number of carbonyl (C=O) groups excluding carboxylic acids is 1. The molecule has 0 heterocycles. The first kappa shape index (κ1) is 11.1. The number of carbonyl (C=O) groups is 1. The van der Waals surface area contributed by atoms with E-state index in [9.17, 15) is 4.79 Å². The molecular weight excluding hydrogens is 178 g/mol. The first-order chi connectivity index (χ1) is 6.47. The second-order valence-corrected chi connectivity index (χ2v) is 4.69. The third-order valence-electron chi connectivity index (χ3n) is 2.04. The molecule has 0 saturated heterocycles. The van der Waals surface area contributed by atoms with Gasteiger partial charge in [-0.05, 0) is 39.5 Å². The van der Waals surface area contributed by atoms with E-state index in [4.69, 9.17) is 4.74 Å². The van der Waals surface area contributed by atoms with Gasteiger partial charge in [-0.2, -0.15) is 0 Å². The molecular formula is C11H19NO2. The third-order valence-corrected chi connectivity index (χ3v) is 2.04. The summed E-state index contributed by atoms with van der Waals surface area (Å²) in [5.74, 6) is 0.558. The van der Waals surface area contributed by atoms with Gasteiger partial charge in [0.1, 0.15) is 5.60 Å². The minimum absolute atomic E-state index is 0.315. The van der Waals surface area contributed by atoms with E-state index in [1.807, 2.05) is 20.8 Å². The van der Waals surface area contributed by atoms with Gasteiger partial charge in [-0.3, -0.25) is 0 Å². The lowest BCUT2D eigenvalue weighted by molar-refractivity contribution is 0.0520. The van der Waals surface area contributed by atoms with E-state index >= 15 is 0 Å². The molecule has 1 N–H and O–H groups in total. The van der Waals surface area contributed by atoms with Gasteiger partial charge in [-0.1, -0.05) is 12.2 Å². The average molecular weight is 197 g/mol. The van der Waals surface area contributed by atoms with Crippen LogP contribution in [0.15, 0.2) is 12.2 Å². The maximum absolute atomic E-state index is 11.3. The van der Waals surface area contributed by atoms with Gasteiger partial charge in [0.15, 0.2) is 0 Å². The summed E-state index contributed by atoms with van der Waals surface area (Å²) < 4.78 is 5.13. The van der Waals surface area contributed by atoms with Crippen LogP contribution in [0.1, 0.15) is 33.6 Å². The Kier molecular flexibility index (Phi) is 3.55. The highest BCUT2D eigenvalue weighted by Gasteiger charge is 2.17. The first-order valence-electron chi connectivity index (χ1n) is 5.09. The van der Waals surface area contributed by atoms with E-state index in [0.29, 0.717) is 12.5 Å². The van der Waals surface area contributed by atoms with Gasteiger partial charge in [0, 0.05) is 6.54 Å². The minimum atomic E-state index is -0.405. The van der Waals surface area contributed by atoms with E-state index in [0.717, 1.165) is 12.8 Å². The van der Waals surface area contributed by atoms with E-state index in [-0.39, 0.29) is 6.09 Å². The van der Waals surface area contributed by atoms with Crippen molar-refractivity contribution in [1.29, 1.82) is 0 Å². The van der Waals surface area contributed by atoms with Crippen LogP contribution in [0.2, 0.25) is 0 Å². The molecule has 3 nitrogen and oxygen atoms in total. The fourth-order valence-corrected chi connectivity index (χ4v) is 1.38. The largest absolute Gasteiger partial charge is 0.444 e. The van der Waals surface area contributed by atoms with Gasteiger partial charge < -0.3 is 10.1 Å². The van der Waals surface area contributed by atoms with E-state index in [1.54, 1.807) is 0 Å². The van der Waals surface area contributed by atoms with Crippen molar-refractivity contribution >= 4 is 6.09 Å². The Hall–Kier alpha value is -0.990. The Morgan fingerprint density at radius 3 is 2.50 bits per heavy atom. The van der Waals surface area contributed by atoms with Crippen molar-refractivity contribution in [3.05, 3.63) is 12.2 Å². The van der Waals surface area contributed by atoms with Crippen molar-refractivity contribution in [2.75, 3.05) is 6.54 Å². The molecule has 14 heavy (non-hydrogen) atoms. The highest BCUT2D eigenvalue weighted by atomic mass is 16.6. The SMILES string of the molecule is CC(C)(C)OC(=O)NCC1CC=CC1. The topological polar surface area (TPSA) is 38.3 Å². The summed E-state index contributed by atoms with van der Waals surface area (Å²) >= 11 is 0. The zero-order valence-corrected chi connectivity index (χ0v) is 9.17. The number of allylic oxidation sites excluding steroid dienone is 2. The molecule has 1 rings (SSSR count). The second-order valence-electron chi connectivity index (χ2n) is 4.69. The van der Waals surface area contributed by atoms with Gasteiger partial charge in [-0.15, -0.1) is 0 Å². The number of hydrogen-bond donors (Lipinski definition) is 1. The molecule has 1 aliphatic carbocycles. The van der Waals surface area contributed by atoms with Crippen molar-refractivity contribution in [1.82, 2.24) is 5.32 Å². The molecule has 0 aromatic rings. The standard InChI is InChI=1S/C11H19NO2/c1-11(2,3)14-10(13)12-8-9-6-4-5-7-9/h4-5,9H,6-8H2,1-3H3,(H,12,13). The Labute approximate surface area is 85.5 Å². The molecule has 0 unspecified atom stereocenters. The first-order valence-corrected chi connectivity index (χ1v) is 5.09. The fraction of sp³-hybridized carbons (Fsp3) is 0.727. The van der Waals surface area contributed by atoms with Crippen LogP contribution in [0.5, 0.6) is 0 Å². The van der Waals surface area contributed by atoms with E-state index < -0.39 is 5.60 Å². The summed E-state index contributed by atoms with van der Waals surface area (Å²) in [5, 5.41) is 2.78. The Morgan fingerprint density at radius 1 is 1.43 bits per heavy atom. The van der Waals surface area contributed by atoms with Crippen LogP contribution in [0.4, 0.5) is 4.79 Å². The minimum Gasteiger partial charge on any atom is -0.444 e. The average Bonchev–Trinajstić information content (AvgIpc) is 2.49. The van der Waals surface area contributed by atoms with Crippen molar-refractivity contribution in [2.45, 2.75) is 39.2 Å². The van der Waals surface area contributed by atoms with Crippen LogP contribution in [0.3, 0.4) is 0 Å². The lowest BCUT2D eigenvalue weighted by Gasteiger charge is -2.20. The molecule has 0 aliphatic heterocycles. The number of rotatable bonds is 2. The zero-order valence-electron chi connectivity index (χ0n) is 9.17. The van der Waals surface area contributed by atoms with Crippen LogP contribution in [0.25, 0.3) is 0 Å². The number of hydrogen-bond acceptors (Lipinski definition) is 2. The predicted octanol–water partition coefficient (Wildman–Crippen LogP) is 2.48. The Morgan fingerprint density at radius 2 is 2.00 bits per heavy atom. The van der Waals surface area contributed by atoms with Crippen molar-refractivity contribution in [2.24, 2.45) is 5.92 Å². The Balaban J connectivity index is 2.15. The quantitative estimate of drug-likeness (QED) is 0.691. The molecule has 0 bridgehead atoms. The van der Waals surface area contributed by atoms with Gasteiger partial charge in [-0.25, -0.2) is 4.79 Å². The van der Waals surface area contributed by atoms with E-state index in [1.165, 1.54) is 0 Å². The molecule has 0 spiro atoms. The number of amides is 1. The molecule has 80 valence electrons. The molecule has 0 atom stereocenters. The molecule has 0 radical (unpaired) electrons. The Bertz CT molecular complexity index is 220. The monoisotopic (exact) mass is 197 g/mol. The van der Waals surface area contributed by atoms with Crippen molar-refractivity contribution < 1.29 is 9.53 Å². The third kappa shape index (κ3) is 4.30. The lowest BCUT2D eigenvalue weighted by Crippen LogP contribution is -2.34. The molecule has 0 aromatic heterocycles. The maximum Gasteiger partial charge on any atom is 0.407 e. The molecule has 3 heteroatoms. The zero-order chi connectivity index (χ0) is 10.6. The summed E-state index contributed by atoms with van der Waals surface area (Å²) in [6, 6.07) is 0. The summed E-state index contributed by atoms with van der Waals surface area (Å²) in [5.41, 5.74) is -0.405. The molecule has 0 fully saturated rings. The van der Waals surface area contributed by atoms with Crippen molar-refractivity contribution in [3.63, 3.8) is 0 Å². The maximum atomic E-state index is 11.3. The summed E-state index contributed by atoms with van der Waals surface area (Å²) in [6.45, 7) is 6.30. The van der Waals surface area contributed by atoms with Crippen LogP contribution < -0.4 is 5.32 Å². The van der Waals surface area contributed by atoms with Crippen LogP contribution in [-0.4, -0.2) is 18.2 Å². The summed E-state index contributed by atoms with van der Waals surface area (Å²) in [7, 11) is 0. The number of nitrogens with one attached hydrogen (secondary N) is 1. The summed E-state index contributed by atoms with van der Waals surface area (Å²) in [6.07, 6.45) is 6.12. The lowest BCUT2D eigenvalue weighted by atomic mass is 10.1. The van der Waals surface area contributed by atoms with Crippen LogP contribution >= 0.6 is 0 Å².